The van der Waals surface area contributed by atoms with Crippen molar-refractivity contribution in [2.75, 3.05) is 28.3 Å². The third-order valence-electron chi connectivity index (χ3n) is 3.72. The van der Waals surface area contributed by atoms with E-state index < -0.39 is 5.82 Å². The summed E-state index contributed by atoms with van der Waals surface area (Å²) < 4.78 is 13.5. The van der Waals surface area contributed by atoms with E-state index in [4.69, 9.17) is 17.3 Å². The molecule has 0 saturated carbocycles. The Bertz CT molecular complexity index is 819. The predicted molar refractivity (Wildman–Crippen MR) is 94.2 cm³/mol. The van der Waals surface area contributed by atoms with Crippen LogP contribution in [0, 0.1) is 5.82 Å². The highest BCUT2D eigenvalue weighted by molar-refractivity contribution is 7.98. The fraction of sp³-hybridized carbons (Fsp3) is 0.267. The summed E-state index contributed by atoms with van der Waals surface area (Å²) in [5.41, 5.74) is 6.71. The normalized spacial score (nSPS) is 14.1. The van der Waals surface area contributed by atoms with Crippen LogP contribution in [0.5, 0.6) is 0 Å². The second-order valence-electron chi connectivity index (χ2n) is 5.14. The lowest BCUT2D eigenvalue weighted by atomic mass is 10.1. The lowest BCUT2D eigenvalue weighted by Gasteiger charge is -2.36. The van der Waals surface area contributed by atoms with Gasteiger partial charge < -0.3 is 5.73 Å². The maximum absolute atomic E-state index is 13.5. The molecule has 0 unspecified atom stereocenters. The Morgan fingerprint density at radius 1 is 1.46 bits per heavy atom. The summed E-state index contributed by atoms with van der Waals surface area (Å²) >= 11 is 7.53. The van der Waals surface area contributed by atoms with E-state index in [9.17, 15) is 9.18 Å². The van der Waals surface area contributed by atoms with Crippen molar-refractivity contribution < 1.29 is 9.18 Å². The third kappa shape index (κ3) is 2.76. The molecule has 0 radical (unpaired) electrons. The van der Waals surface area contributed by atoms with E-state index in [0.717, 1.165) is 11.6 Å². The Morgan fingerprint density at radius 2 is 2.21 bits per heavy atom. The molecule has 3 rings (SSSR count). The number of rotatable bonds is 3. The van der Waals surface area contributed by atoms with Crippen LogP contribution >= 0.6 is 23.4 Å². The third-order valence-corrected chi connectivity index (χ3v) is 4.59. The van der Waals surface area contributed by atoms with Crippen LogP contribution in [0.25, 0.3) is 0 Å². The Morgan fingerprint density at radius 3 is 2.88 bits per heavy atom. The van der Waals surface area contributed by atoms with Crippen molar-refractivity contribution in [1.29, 1.82) is 0 Å². The van der Waals surface area contributed by atoms with E-state index >= 15 is 0 Å². The van der Waals surface area contributed by atoms with Gasteiger partial charge in [-0.15, -0.1) is 0 Å². The Labute approximate surface area is 147 Å². The topological polar surface area (TPSA) is 75.4 Å². The number of carbonyl (C=O) groups is 1. The molecule has 1 aromatic carbocycles. The summed E-state index contributed by atoms with van der Waals surface area (Å²) in [6, 6.07) is 2.19. The number of benzene rings is 1. The molecule has 0 aliphatic carbocycles. The second kappa shape index (κ2) is 6.45. The number of fused-ring (bicyclic) bond motifs is 1. The van der Waals surface area contributed by atoms with Crippen LogP contribution < -0.4 is 15.5 Å². The molecular weight excluding hydrogens is 353 g/mol. The zero-order valence-corrected chi connectivity index (χ0v) is 14.7. The molecule has 0 spiro atoms. The Hall–Kier alpha value is -2.06. The van der Waals surface area contributed by atoms with E-state index in [1.54, 1.807) is 6.20 Å². The van der Waals surface area contributed by atoms with Gasteiger partial charge in [0.25, 0.3) is 0 Å². The summed E-state index contributed by atoms with van der Waals surface area (Å²) in [7, 11) is 0. The van der Waals surface area contributed by atoms with Crippen molar-refractivity contribution in [3.05, 3.63) is 34.7 Å². The summed E-state index contributed by atoms with van der Waals surface area (Å²) in [4.78, 5) is 24.5. The first-order chi connectivity index (χ1) is 11.5. The molecule has 1 aliphatic rings. The van der Waals surface area contributed by atoms with Gasteiger partial charge in [-0.25, -0.2) is 19.2 Å². The number of nitrogens with zero attached hydrogens (tertiary/aromatic N) is 4. The standard InChI is InChI=1S/C15H15ClFN5OS/c1-3-21-13-8(6-19-14(20-13)24-2)7-22(15(21)23)12-5-11(18)10(17)4-9(12)16/h4-6H,3,7,18H2,1-2H3. The molecule has 1 aromatic heterocycles. The monoisotopic (exact) mass is 367 g/mol. The quantitative estimate of drug-likeness (QED) is 0.510. The number of nitrogen functional groups attached to an aromatic ring is 1. The molecule has 2 heterocycles. The van der Waals surface area contributed by atoms with Crippen molar-refractivity contribution in [3.8, 4) is 0 Å². The molecule has 6 nitrogen and oxygen atoms in total. The zero-order chi connectivity index (χ0) is 17.4. The molecule has 0 atom stereocenters. The molecule has 2 N–H and O–H groups in total. The molecule has 0 saturated heterocycles. The summed E-state index contributed by atoms with van der Waals surface area (Å²) in [6.45, 7) is 2.53. The van der Waals surface area contributed by atoms with Crippen LogP contribution in [0.15, 0.2) is 23.5 Å². The van der Waals surface area contributed by atoms with Crippen LogP contribution in [-0.4, -0.2) is 28.8 Å². The van der Waals surface area contributed by atoms with E-state index in [0.29, 0.717) is 23.2 Å². The van der Waals surface area contributed by atoms with Gasteiger partial charge in [0.05, 0.1) is 22.9 Å². The number of carbonyl (C=O) groups excluding carboxylic acids is 1. The van der Waals surface area contributed by atoms with Crippen LogP contribution in [0.2, 0.25) is 5.02 Å². The van der Waals surface area contributed by atoms with Gasteiger partial charge in [0, 0.05) is 18.3 Å². The number of nitrogens with two attached hydrogens (primary N) is 1. The van der Waals surface area contributed by atoms with Gasteiger partial charge in [-0.3, -0.25) is 9.80 Å². The first kappa shape index (κ1) is 16.8. The van der Waals surface area contributed by atoms with Gasteiger partial charge in [0.15, 0.2) is 5.16 Å². The second-order valence-corrected chi connectivity index (χ2v) is 6.32. The van der Waals surface area contributed by atoms with Crippen LogP contribution in [-0.2, 0) is 6.54 Å². The minimum atomic E-state index is -0.617. The molecule has 2 amide bonds. The number of urea groups is 1. The van der Waals surface area contributed by atoms with Gasteiger partial charge in [0.2, 0.25) is 0 Å². The van der Waals surface area contributed by atoms with Crippen molar-refractivity contribution in [1.82, 2.24) is 9.97 Å². The van der Waals surface area contributed by atoms with Crippen LogP contribution in [0.1, 0.15) is 12.5 Å². The first-order valence-electron chi connectivity index (χ1n) is 7.19. The van der Waals surface area contributed by atoms with Crippen molar-refractivity contribution in [2.45, 2.75) is 18.6 Å². The smallest absolute Gasteiger partial charge is 0.330 e. The summed E-state index contributed by atoms with van der Waals surface area (Å²) in [5.74, 6) is -0.0294. The molecule has 1 aliphatic heterocycles. The molecular formula is C15H15ClFN5OS. The minimum Gasteiger partial charge on any atom is -0.396 e. The average molecular weight is 368 g/mol. The van der Waals surface area contributed by atoms with Crippen LogP contribution in [0.4, 0.5) is 26.4 Å². The fourth-order valence-corrected chi connectivity index (χ4v) is 3.12. The van der Waals surface area contributed by atoms with E-state index in [-0.39, 0.29) is 23.3 Å². The van der Waals surface area contributed by atoms with Crippen molar-refractivity contribution in [2.24, 2.45) is 0 Å². The Balaban J connectivity index is 2.09. The maximum atomic E-state index is 13.5. The van der Waals surface area contributed by atoms with Crippen LogP contribution in [0.3, 0.4) is 0 Å². The van der Waals surface area contributed by atoms with E-state index in [1.807, 2.05) is 13.2 Å². The van der Waals surface area contributed by atoms with Crippen molar-refractivity contribution >= 4 is 46.6 Å². The zero-order valence-electron chi connectivity index (χ0n) is 13.1. The van der Waals surface area contributed by atoms with Gasteiger partial charge in [-0.05, 0) is 25.3 Å². The van der Waals surface area contributed by atoms with Gasteiger partial charge >= 0.3 is 6.03 Å². The molecule has 126 valence electrons. The number of halogens is 2. The minimum absolute atomic E-state index is 0.0648. The van der Waals surface area contributed by atoms with Gasteiger partial charge in [-0.2, -0.15) is 0 Å². The van der Waals surface area contributed by atoms with E-state index in [2.05, 4.69) is 9.97 Å². The largest absolute Gasteiger partial charge is 0.396 e. The summed E-state index contributed by atoms with van der Waals surface area (Å²) in [5, 5.41) is 0.716. The highest BCUT2D eigenvalue weighted by Gasteiger charge is 2.33. The maximum Gasteiger partial charge on any atom is 0.330 e. The highest BCUT2D eigenvalue weighted by atomic mass is 35.5. The molecule has 24 heavy (non-hydrogen) atoms. The number of aromatic nitrogens is 2. The summed E-state index contributed by atoms with van der Waals surface area (Å²) in [6.07, 6.45) is 3.56. The molecule has 2 aromatic rings. The van der Waals surface area contributed by atoms with E-state index in [1.165, 1.54) is 27.6 Å². The highest BCUT2D eigenvalue weighted by Crippen LogP contribution is 2.36. The number of hydrogen-bond donors (Lipinski definition) is 1. The predicted octanol–water partition coefficient (Wildman–Crippen LogP) is 3.54. The molecule has 9 heteroatoms. The average Bonchev–Trinajstić information content (AvgIpc) is 2.57. The number of amides is 2. The number of thioether (sulfide) groups is 1. The van der Waals surface area contributed by atoms with Gasteiger partial charge in [-0.1, -0.05) is 23.4 Å². The molecule has 0 fully saturated rings. The first-order valence-corrected chi connectivity index (χ1v) is 8.80. The van der Waals surface area contributed by atoms with Crippen molar-refractivity contribution in [3.63, 3.8) is 0 Å². The Kier molecular flexibility index (Phi) is 4.51. The lowest BCUT2D eigenvalue weighted by Crippen LogP contribution is -2.48. The fourth-order valence-electron chi connectivity index (χ4n) is 2.53. The van der Waals surface area contributed by atoms with Gasteiger partial charge in [0.1, 0.15) is 11.6 Å². The number of hydrogen-bond acceptors (Lipinski definition) is 5. The lowest BCUT2D eigenvalue weighted by molar-refractivity contribution is 0.250. The number of anilines is 3. The SMILES string of the molecule is CCN1C(=O)N(c2cc(N)c(F)cc2Cl)Cc2cnc(SC)nc21. The molecule has 0 bridgehead atoms.